The average Bonchev–Trinajstić information content (AvgIpc) is 3.01. The lowest BCUT2D eigenvalue weighted by Gasteiger charge is -2.20. The van der Waals surface area contributed by atoms with E-state index in [0.717, 1.165) is 0 Å². The smallest absolute Gasteiger partial charge is 0.456 e. The summed E-state index contributed by atoms with van der Waals surface area (Å²) >= 11 is 12.7. The van der Waals surface area contributed by atoms with Crippen LogP contribution in [0.15, 0.2) is 30.5 Å². The van der Waals surface area contributed by atoms with Crippen LogP contribution in [-0.2, 0) is 16.1 Å². The molecule has 1 aromatic heterocycles. The van der Waals surface area contributed by atoms with Crippen LogP contribution in [0.3, 0.4) is 0 Å². The van der Waals surface area contributed by atoms with E-state index in [9.17, 15) is 22.8 Å². The molecule has 0 radical (unpaired) electrons. The molecular weight excluding hydrogens is 494 g/mol. The van der Waals surface area contributed by atoms with E-state index in [1.165, 1.54) is 28.8 Å². The van der Waals surface area contributed by atoms with Gasteiger partial charge in [0.15, 0.2) is 0 Å². The van der Waals surface area contributed by atoms with Crippen LogP contribution in [0.2, 0.25) is 10.0 Å². The monoisotopic (exact) mass is 515 g/mol. The van der Waals surface area contributed by atoms with E-state index < -0.39 is 30.4 Å². The number of esters is 1. The summed E-state index contributed by atoms with van der Waals surface area (Å²) in [7, 11) is 0. The van der Waals surface area contributed by atoms with Gasteiger partial charge in [0.1, 0.15) is 5.60 Å². The fraction of sp³-hybridized carbons (Fsp3) is 0.333. The zero-order valence-electron chi connectivity index (χ0n) is 19.1. The van der Waals surface area contributed by atoms with Gasteiger partial charge in [0.25, 0.3) is 5.91 Å². The standard InChI is InChI=1S/C24H22Cl2F3NO4/c1-12-8-14(11-33-24(27,28)29)9-16-13(2)10-30(20(12)16)21(31)18-17(25)7-6-15(19(18)26)22(32)34-23(3,4)5/h6-10H,11H2,1-5H3. The summed E-state index contributed by atoms with van der Waals surface area (Å²) in [6.07, 6.45) is -3.21. The molecule has 1 heterocycles. The number of nitrogens with zero attached hydrogens (tertiary/aromatic N) is 1. The molecule has 0 aliphatic carbocycles. The molecule has 0 fully saturated rings. The Kier molecular flexibility index (Phi) is 7.09. The van der Waals surface area contributed by atoms with Crippen LogP contribution in [0.25, 0.3) is 10.9 Å². The number of fused-ring (bicyclic) bond motifs is 1. The molecule has 0 aliphatic rings. The summed E-state index contributed by atoms with van der Waals surface area (Å²) in [6.45, 7) is 7.84. The van der Waals surface area contributed by atoms with E-state index in [2.05, 4.69) is 4.74 Å². The second-order valence-corrected chi connectivity index (χ2v) is 9.60. The number of benzene rings is 2. The van der Waals surface area contributed by atoms with Crippen LogP contribution >= 0.6 is 23.2 Å². The molecule has 0 N–H and O–H groups in total. The number of aromatic nitrogens is 1. The Morgan fingerprint density at radius 2 is 1.68 bits per heavy atom. The minimum Gasteiger partial charge on any atom is -0.456 e. The molecule has 3 aromatic rings. The van der Waals surface area contributed by atoms with Gasteiger partial charge in [0.2, 0.25) is 0 Å². The van der Waals surface area contributed by atoms with Gasteiger partial charge in [0.05, 0.1) is 33.3 Å². The van der Waals surface area contributed by atoms with Gasteiger partial charge in [-0.1, -0.05) is 29.3 Å². The van der Waals surface area contributed by atoms with Gasteiger partial charge in [-0.15, -0.1) is 13.2 Å². The second kappa shape index (κ2) is 9.24. The molecule has 182 valence electrons. The van der Waals surface area contributed by atoms with Gasteiger partial charge in [0, 0.05) is 11.6 Å². The lowest BCUT2D eigenvalue weighted by molar-refractivity contribution is -0.330. The van der Waals surface area contributed by atoms with E-state index in [1.54, 1.807) is 40.8 Å². The molecule has 0 atom stereocenters. The van der Waals surface area contributed by atoms with Crippen molar-refractivity contribution in [2.75, 3.05) is 0 Å². The number of halogens is 5. The van der Waals surface area contributed by atoms with E-state index in [1.807, 2.05) is 0 Å². The topological polar surface area (TPSA) is 57.5 Å². The van der Waals surface area contributed by atoms with Gasteiger partial charge in [-0.25, -0.2) is 4.79 Å². The van der Waals surface area contributed by atoms with Crippen molar-refractivity contribution in [1.82, 2.24) is 4.57 Å². The second-order valence-electron chi connectivity index (χ2n) is 8.82. The summed E-state index contributed by atoms with van der Waals surface area (Å²) in [5.41, 5.74) is 1.11. The highest BCUT2D eigenvalue weighted by atomic mass is 35.5. The van der Waals surface area contributed by atoms with Gasteiger partial charge in [-0.05, 0) is 69.5 Å². The third-order valence-electron chi connectivity index (χ3n) is 4.89. The molecule has 0 saturated heterocycles. The molecule has 34 heavy (non-hydrogen) atoms. The molecule has 0 saturated carbocycles. The number of rotatable bonds is 4. The number of ether oxygens (including phenoxy) is 2. The maximum atomic E-state index is 13.5. The predicted octanol–water partition coefficient (Wildman–Crippen LogP) is 7.25. The largest absolute Gasteiger partial charge is 0.522 e. The molecule has 0 aliphatic heterocycles. The lowest BCUT2D eigenvalue weighted by atomic mass is 10.1. The first-order valence-electron chi connectivity index (χ1n) is 10.2. The highest BCUT2D eigenvalue weighted by Crippen LogP contribution is 2.33. The van der Waals surface area contributed by atoms with Crippen LogP contribution in [0.4, 0.5) is 13.2 Å². The van der Waals surface area contributed by atoms with E-state index in [0.29, 0.717) is 27.6 Å². The maximum Gasteiger partial charge on any atom is 0.522 e. The molecule has 0 spiro atoms. The zero-order valence-corrected chi connectivity index (χ0v) is 20.6. The number of aryl methyl sites for hydroxylation is 2. The van der Waals surface area contributed by atoms with Crippen molar-refractivity contribution >= 4 is 46.0 Å². The minimum absolute atomic E-state index is 0.0131. The Bertz CT molecular complexity index is 1290. The van der Waals surface area contributed by atoms with Crippen LogP contribution in [0, 0.1) is 13.8 Å². The third kappa shape index (κ3) is 5.56. The molecule has 3 rings (SSSR count). The zero-order chi connectivity index (χ0) is 25.6. The van der Waals surface area contributed by atoms with Crippen molar-refractivity contribution in [3.63, 3.8) is 0 Å². The first kappa shape index (κ1) is 26.1. The van der Waals surface area contributed by atoms with Gasteiger partial charge in [-0.2, -0.15) is 0 Å². The number of hydrogen-bond acceptors (Lipinski definition) is 4. The minimum atomic E-state index is -4.76. The van der Waals surface area contributed by atoms with Crippen molar-refractivity contribution in [3.8, 4) is 0 Å². The first-order valence-corrected chi connectivity index (χ1v) is 10.9. The molecule has 0 bridgehead atoms. The molecule has 0 amide bonds. The van der Waals surface area contributed by atoms with Crippen molar-refractivity contribution in [3.05, 3.63) is 68.3 Å². The normalized spacial score (nSPS) is 12.3. The Hall–Kier alpha value is -2.55. The quantitative estimate of drug-likeness (QED) is 0.343. The Morgan fingerprint density at radius 3 is 2.26 bits per heavy atom. The number of hydrogen-bond donors (Lipinski definition) is 0. The first-order chi connectivity index (χ1) is 15.6. The van der Waals surface area contributed by atoms with E-state index in [-0.39, 0.29) is 21.2 Å². The summed E-state index contributed by atoms with van der Waals surface area (Å²) in [6, 6.07) is 5.82. The van der Waals surface area contributed by atoms with Crippen LogP contribution in [0.1, 0.15) is 58.2 Å². The number of carbonyl (C=O) groups is 2. The summed E-state index contributed by atoms with van der Waals surface area (Å²) in [5, 5.41) is 0.457. The molecular formula is C24H22Cl2F3NO4. The van der Waals surface area contributed by atoms with Gasteiger partial charge >= 0.3 is 12.3 Å². The molecule has 0 unspecified atom stereocenters. The fourth-order valence-electron chi connectivity index (χ4n) is 3.57. The highest BCUT2D eigenvalue weighted by molar-refractivity contribution is 6.41. The van der Waals surface area contributed by atoms with Crippen molar-refractivity contribution < 1.29 is 32.2 Å². The Morgan fingerprint density at radius 1 is 1.03 bits per heavy atom. The predicted molar refractivity (Wildman–Crippen MR) is 124 cm³/mol. The van der Waals surface area contributed by atoms with Gasteiger partial charge in [-0.3, -0.25) is 14.1 Å². The fourth-order valence-corrected chi connectivity index (χ4v) is 4.18. The van der Waals surface area contributed by atoms with Crippen LogP contribution in [0.5, 0.6) is 0 Å². The maximum absolute atomic E-state index is 13.5. The van der Waals surface area contributed by atoms with Crippen molar-refractivity contribution in [2.24, 2.45) is 0 Å². The molecule has 10 heteroatoms. The lowest BCUT2D eigenvalue weighted by Crippen LogP contribution is -2.24. The van der Waals surface area contributed by atoms with Crippen molar-refractivity contribution in [1.29, 1.82) is 0 Å². The van der Waals surface area contributed by atoms with E-state index >= 15 is 0 Å². The summed E-state index contributed by atoms with van der Waals surface area (Å²) in [5.74, 6) is -1.30. The third-order valence-corrected chi connectivity index (χ3v) is 5.60. The number of carbonyl (C=O) groups excluding carboxylic acids is 2. The number of alkyl halides is 3. The van der Waals surface area contributed by atoms with Crippen LogP contribution < -0.4 is 0 Å². The SMILES string of the molecule is Cc1cn(C(=O)c2c(Cl)ccc(C(=O)OC(C)(C)C)c2Cl)c2c(C)cc(COC(F)(F)F)cc12. The Balaban J connectivity index is 2.08. The average molecular weight is 516 g/mol. The summed E-state index contributed by atoms with van der Waals surface area (Å²) < 4.78 is 48.0. The Labute approximate surface area is 204 Å². The summed E-state index contributed by atoms with van der Waals surface area (Å²) in [4.78, 5) is 26.1. The molecule has 2 aromatic carbocycles. The van der Waals surface area contributed by atoms with Crippen LogP contribution in [-0.4, -0.2) is 28.4 Å². The van der Waals surface area contributed by atoms with Crippen molar-refractivity contribution in [2.45, 2.75) is 53.2 Å². The van der Waals surface area contributed by atoms with Gasteiger partial charge < -0.3 is 4.74 Å². The highest BCUT2D eigenvalue weighted by Gasteiger charge is 2.30. The van der Waals surface area contributed by atoms with E-state index in [4.69, 9.17) is 27.9 Å². The molecule has 5 nitrogen and oxygen atoms in total.